The molecule has 0 amide bonds. The maximum Gasteiger partial charge on any atom is 0.0812 e. The molecule has 5 rings (SSSR count). The van der Waals surface area contributed by atoms with Gasteiger partial charge in [-0.2, -0.15) is 0 Å². The number of ether oxygens (including phenoxy) is 1. The standard InChI is InChI=1S/C21H31ClO2/c1-3-13-4-5-16-15-10-18-21(22)11-14(23)6-9-20(21,12-24-18)17(15)7-8-19(13,16)2/h3,14-18,23H,4-12H2,1-2H3/b13-3-/t14-,15?,16?,17?,18+,19?,20?,21-/m0/s1. The molecule has 1 heterocycles. The summed E-state index contributed by atoms with van der Waals surface area (Å²) in [7, 11) is 0. The van der Waals surface area contributed by atoms with Crippen LogP contribution in [-0.4, -0.2) is 28.8 Å². The van der Waals surface area contributed by atoms with Gasteiger partial charge in [0.15, 0.2) is 0 Å². The van der Waals surface area contributed by atoms with Crippen LogP contribution in [0.4, 0.5) is 0 Å². The van der Waals surface area contributed by atoms with Crippen molar-refractivity contribution in [2.24, 2.45) is 28.6 Å². The second-order valence-electron chi connectivity index (χ2n) is 9.64. The third kappa shape index (κ3) is 1.71. The molecule has 5 unspecified atom stereocenters. The minimum Gasteiger partial charge on any atom is -0.393 e. The van der Waals surface area contributed by atoms with Gasteiger partial charge in [-0.25, -0.2) is 0 Å². The van der Waals surface area contributed by atoms with E-state index >= 15 is 0 Å². The molecule has 2 bridgehead atoms. The molecular formula is C21H31ClO2. The van der Waals surface area contributed by atoms with Crippen molar-refractivity contribution < 1.29 is 9.84 Å². The van der Waals surface area contributed by atoms with E-state index in [1.165, 1.54) is 25.7 Å². The third-order valence-corrected chi connectivity index (χ3v) is 9.94. The predicted octanol–water partition coefficient (Wildman–Crippen LogP) is 4.69. The van der Waals surface area contributed by atoms with Gasteiger partial charge in [-0.15, -0.1) is 11.6 Å². The fraction of sp³-hybridized carbons (Fsp3) is 0.905. The van der Waals surface area contributed by atoms with E-state index < -0.39 is 0 Å². The highest BCUT2D eigenvalue weighted by Gasteiger charge is 2.72. The SMILES string of the molecule is C/C=C1/CCC2C3C[C@H]4OCC5(CC[C@H](O)C[C@]45Cl)C3CCC12C. The Labute approximate surface area is 151 Å². The summed E-state index contributed by atoms with van der Waals surface area (Å²) in [5.74, 6) is 2.29. The number of allylic oxidation sites excluding steroid dienone is 2. The van der Waals surface area contributed by atoms with Gasteiger partial charge >= 0.3 is 0 Å². The van der Waals surface area contributed by atoms with Crippen molar-refractivity contribution in [2.45, 2.75) is 82.3 Å². The first-order valence-corrected chi connectivity index (χ1v) is 10.5. The Bertz CT molecular complexity index is 588. The van der Waals surface area contributed by atoms with Gasteiger partial charge in [-0.3, -0.25) is 0 Å². The van der Waals surface area contributed by atoms with Crippen LogP contribution in [-0.2, 0) is 4.74 Å². The first kappa shape index (κ1) is 16.1. The normalized spacial score (nSPS) is 60.7. The maximum atomic E-state index is 10.3. The average Bonchev–Trinajstić information content (AvgIpc) is 2.96. The van der Waals surface area contributed by atoms with Crippen molar-refractivity contribution >= 4 is 11.6 Å². The van der Waals surface area contributed by atoms with Crippen LogP contribution < -0.4 is 0 Å². The Hall–Kier alpha value is -0.0500. The summed E-state index contributed by atoms with van der Waals surface area (Å²) < 4.78 is 6.33. The zero-order valence-electron chi connectivity index (χ0n) is 15.1. The first-order chi connectivity index (χ1) is 11.4. The van der Waals surface area contributed by atoms with E-state index in [9.17, 15) is 5.11 Å². The monoisotopic (exact) mass is 350 g/mol. The van der Waals surface area contributed by atoms with Gasteiger partial charge in [0.2, 0.25) is 0 Å². The summed E-state index contributed by atoms with van der Waals surface area (Å²) in [4.78, 5) is -0.304. The predicted molar refractivity (Wildman–Crippen MR) is 96.0 cm³/mol. The van der Waals surface area contributed by atoms with Crippen molar-refractivity contribution in [3.63, 3.8) is 0 Å². The van der Waals surface area contributed by atoms with E-state index in [1.807, 2.05) is 0 Å². The molecule has 1 saturated heterocycles. The van der Waals surface area contributed by atoms with Crippen LogP contribution in [0.25, 0.3) is 0 Å². The molecule has 5 aliphatic rings. The van der Waals surface area contributed by atoms with E-state index in [-0.39, 0.29) is 22.5 Å². The minimum atomic E-state index is -0.304. The molecule has 0 aromatic carbocycles. The Morgan fingerprint density at radius 2 is 2.04 bits per heavy atom. The Balaban J connectivity index is 1.55. The number of hydrogen-bond donors (Lipinski definition) is 1. The number of halogens is 1. The largest absolute Gasteiger partial charge is 0.393 e. The molecule has 134 valence electrons. The van der Waals surface area contributed by atoms with E-state index in [2.05, 4.69) is 19.9 Å². The highest BCUT2D eigenvalue weighted by Crippen LogP contribution is 2.72. The van der Waals surface area contributed by atoms with Crippen molar-refractivity contribution in [1.82, 2.24) is 0 Å². The van der Waals surface area contributed by atoms with Crippen LogP contribution in [0.5, 0.6) is 0 Å². The minimum absolute atomic E-state index is 0.126. The summed E-state index contributed by atoms with van der Waals surface area (Å²) in [6.45, 7) is 5.60. The maximum absolute atomic E-state index is 10.3. The van der Waals surface area contributed by atoms with E-state index in [0.29, 0.717) is 11.3 Å². The molecule has 5 fully saturated rings. The third-order valence-electron chi connectivity index (χ3n) is 9.17. The summed E-state index contributed by atoms with van der Waals surface area (Å²) in [5.41, 5.74) is 2.26. The van der Waals surface area contributed by atoms with Gasteiger partial charge in [-0.1, -0.05) is 18.6 Å². The second kappa shape index (κ2) is 5.02. The van der Waals surface area contributed by atoms with Crippen molar-refractivity contribution in [3.05, 3.63) is 11.6 Å². The first-order valence-electron chi connectivity index (χ1n) is 10.1. The summed E-state index contributed by atoms with van der Waals surface area (Å²) in [5, 5.41) is 10.3. The van der Waals surface area contributed by atoms with Crippen molar-refractivity contribution in [3.8, 4) is 0 Å². The number of rotatable bonds is 0. The lowest BCUT2D eigenvalue weighted by atomic mass is 9.44. The highest BCUT2D eigenvalue weighted by molar-refractivity contribution is 6.25. The molecule has 0 radical (unpaired) electrons. The molecule has 0 spiro atoms. The molecule has 1 N–H and O–H groups in total. The zero-order valence-corrected chi connectivity index (χ0v) is 15.8. The summed E-state index contributed by atoms with van der Waals surface area (Å²) >= 11 is 7.28. The number of fused-ring (bicyclic) bond motifs is 3. The number of hydrogen-bond acceptors (Lipinski definition) is 2. The number of aliphatic hydroxyl groups excluding tert-OH is 1. The van der Waals surface area contributed by atoms with E-state index in [0.717, 1.165) is 44.1 Å². The lowest BCUT2D eigenvalue weighted by Gasteiger charge is -2.62. The smallest absolute Gasteiger partial charge is 0.0812 e. The molecular weight excluding hydrogens is 320 g/mol. The Kier molecular flexibility index (Phi) is 3.38. The highest BCUT2D eigenvalue weighted by atomic mass is 35.5. The summed E-state index contributed by atoms with van der Waals surface area (Å²) in [6, 6.07) is 0. The summed E-state index contributed by atoms with van der Waals surface area (Å²) in [6.07, 6.45) is 11.4. The van der Waals surface area contributed by atoms with E-state index in [4.69, 9.17) is 16.3 Å². The van der Waals surface area contributed by atoms with Gasteiger partial charge in [-0.05, 0) is 81.5 Å². The van der Waals surface area contributed by atoms with Crippen molar-refractivity contribution in [2.75, 3.05) is 6.61 Å². The van der Waals surface area contributed by atoms with Gasteiger partial charge in [0.25, 0.3) is 0 Å². The average molecular weight is 351 g/mol. The second-order valence-corrected chi connectivity index (χ2v) is 10.3. The van der Waals surface area contributed by atoms with E-state index in [1.54, 1.807) is 5.57 Å². The van der Waals surface area contributed by atoms with Crippen LogP contribution >= 0.6 is 11.6 Å². The zero-order chi connectivity index (χ0) is 16.7. The van der Waals surface area contributed by atoms with Gasteiger partial charge in [0.1, 0.15) is 0 Å². The molecule has 2 nitrogen and oxygen atoms in total. The Morgan fingerprint density at radius 1 is 1.21 bits per heavy atom. The molecule has 0 aromatic rings. The lowest BCUT2D eigenvalue weighted by molar-refractivity contribution is -0.0936. The molecule has 4 aliphatic carbocycles. The van der Waals surface area contributed by atoms with Crippen LogP contribution in [0.2, 0.25) is 0 Å². The fourth-order valence-corrected chi connectivity index (χ4v) is 8.65. The van der Waals surface area contributed by atoms with Crippen LogP contribution in [0.3, 0.4) is 0 Å². The number of aliphatic hydroxyl groups is 1. The number of alkyl halides is 1. The molecule has 4 saturated carbocycles. The quantitative estimate of drug-likeness (QED) is 0.507. The molecule has 24 heavy (non-hydrogen) atoms. The topological polar surface area (TPSA) is 29.5 Å². The fourth-order valence-electron chi connectivity index (χ4n) is 8.03. The molecule has 8 atom stereocenters. The van der Waals surface area contributed by atoms with Gasteiger partial charge < -0.3 is 9.84 Å². The van der Waals surface area contributed by atoms with Gasteiger partial charge in [0, 0.05) is 5.41 Å². The Morgan fingerprint density at radius 3 is 2.83 bits per heavy atom. The molecule has 1 aliphatic heterocycles. The lowest BCUT2D eigenvalue weighted by Crippen LogP contribution is -2.63. The molecule has 3 heteroatoms. The molecule has 0 aromatic heterocycles. The van der Waals surface area contributed by atoms with Gasteiger partial charge in [0.05, 0.1) is 23.7 Å². The van der Waals surface area contributed by atoms with Crippen LogP contribution in [0.1, 0.15) is 65.2 Å². The van der Waals surface area contributed by atoms with Crippen LogP contribution in [0.15, 0.2) is 11.6 Å². The van der Waals surface area contributed by atoms with Crippen molar-refractivity contribution in [1.29, 1.82) is 0 Å². The van der Waals surface area contributed by atoms with Crippen LogP contribution in [0, 0.1) is 28.6 Å².